The molecule has 1 amide bonds. The molecule has 2 aromatic rings. The van der Waals surface area contributed by atoms with E-state index in [1.165, 1.54) is 23.1 Å². The Balaban J connectivity index is 1.60. The van der Waals surface area contributed by atoms with E-state index in [9.17, 15) is 4.79 Å². The Labute approximate surface area is 155 Å². The van der Waals surface area contributed by atoms with Gasteiger partial charge in [0.05, 0.1) is 12.4 Å². The lowest BCUT2D eigenvalue weighted by Crippen LogP contribution is -2.24. The molecule has 134 valence electrons. The zero-order valence-electron chi connectivity index (χ0n) is 14.5. The molecule has 1 aliphatic heterocycles. The van der Waals surface area contributed by atoms with E-state index in [0.717, 1.165) is 38.4 Å². The second kappa shape index (κ2) is 8.05. The lowest BCUT2D eigenvalue weighted by molar-refractivity contribution is -0.118. The number of aromatic nitrogens is 2. The van der Waals surface area contributed by atoms with Crippen LogP contribution in [-0.2, 0) is 17.8 Å². The first-order valence-electron chi connectivity index (χ1n) is 8.20. The molecule has 0 bridgehead atoms. The molecule has 0 aliphatic carbocycles. The van der Waals surface area contributed by atoms with Gasteiger partial charge in [-0.15, -0.1) is 10.2 Å². The van der Waals surface area contributed by atoms with Gasteiger partial charge in [-0.1, -0.05) is 23.1 Å². The number of hydrogen-bond donors (Lipinski definition) is 1. The minimum Gasteiger partial charge on any atom is -0.494 e. The molecule has 1 atom stereocenters. The summed E-state index contributed by atoms with van der Waals surface area (Å²) in [5.74, 6) is 1.97. The van der Waals surface area contributed by atoms with Gasteiger partial charge >= 0.3 is 0 Å². The van der Waals surface area contributed by atoms with E-state index in [4.69, 9.17) is 9.47 Å². The largest absolute Gasteiger partial charge is 0.494 e. The molecule has 1 aromatic heterocycles. The van der Waals surface area contributed by atoms with Crippen LogP contribution >= 0.6 is 23.1 Å². The summed E-state index contributed by atoms with van der Waals surface area (Å²) in [7, 11) is 0. The fourth-order valence-electron chi connectivity index (χ4n) is 2.62. The molecule has 6 nitrogen and oxygen atoms in total. The van der Waals surface area contributed by atoms with Crippen LogP contribution in [-0.4, -0.2) is 34.6 Å². The fourth-order valence-corrected chi connectivity index (χ4v) is 4.26. The molecule has 0 radical (unpaired) electrons. The van der Waals surface area contributed by atoms with Crippen LogP contribution in [0, 0.1) is 6.92 Å². The summed E-state index contributed by atoms with van der Waals surface area (Å²) in [4.78, 5) is 12.1. The van der Waals surface area contributed by atoms with Gasteiger partial charge in [0.1, 0.15) is 22.6 Å². The normalized spacial score (nSPS) is 15.6. The average Bonchev–Trinajstić information content (AvgIpc) is 3.15. The number of fused-ring (bicyclic) bond motifs is 1. The van der Waals surface area contributed by atoms with Gasteiger partial charge in [-0.2, -0.15) is 0 Å². The first kappa shape index (κ1) is 18.0. The van der Waals surface area contributed by atoms with Crippen molar-refractivity contribution in [2.45, 2.75) is 44.2 Å². The summed E-state index contributed by atoms with van der Waals surface area (Å²) in [6.07, 6.45) is 1.07. The van der Waals surface area contributed by atoms with Gasteiger partial charge in [0.25, 0.3) is 0 Å². The van der Waals surface area contributed by atoms with Crippen molar-refractivity contribution < 1.29 is 14.3 Å². The van der Waals surface area contributed by atoms with E-state index in [1.807, 2.05) is 32.9 Å². The maximum Gasteiger partial charge on any atom is 0.230 e. The quantitative estimate of drug-likeness (QED) is 0.746. The lowest BCUT2D eigenvalue weighted by Gasteiger charge is -2.13. The lowest BCUT2D eigenvalue weighted by atomic mass is 10.1. The topological polar surface area (TPSA) is 73.3 Å². The van der Waals surface area contributed by atoms with E-state index in [-0.39, 0.29) is 12.0 Å². The SMILES string of the molecule is CCOc1cc2c(cc1CNC(=O)CSc1nnc(C)s1)OC(C)C2. The molecule has 1 unspecified atom stereocenters. The third-order valence-corrected chi connectivity index (χ3v) is 5.66. The predicted molar refractivity (Wildman–Crippen MR) is 98.6 cm³/mol. The van der Waals surface area contributed by atoms with Crippen molar-refractivity contribution in [1.29, 1.82) is 0 Å². The Morgan fingerprint density at radius 3 is 3.04 bits per heavy atom. The molecule has 25 heavy (non-hydrogen) atoms. The Hall–Kier alpha value is -1.80. The second-order valence-electron chi connectivity index (χ2n) is 5.79. The third-order valence-electron chi connectivity index (χ3n) is 3.69. The molecule has 0 spiro atoms. The van der Waals surface area contributed by atoms with Crippen LogP contribution in [0.2, 0.25) is 0 Å². The van der Waals surface area contributed by atoms with Gasteiger partial charge in [0, 0.05) is 24.1 Å². The number of carbonyl (C=O) groups is 1. The van der Waals surface area contributed by atoms with Crippen molar-refractivity contribution >= 4 is 29.0 Å². The maximum atomic E-state index is 12.1. The predicted octanol–water partition coefficient (Wildman–Crippen LogP) is 2.98. The number of ether oxygens (including phenoxy) is 2. The van der Waals surface area contributed by atoms with Crippen molar-refractivity contribution in [2.24, 2.45) is 0 Å². The van der Waals surface area contributed by atoms with Crippen molar-refractivity contribution in [3.63, 3.8) is 0 Å². The van der Waals surface area contributed by atoms with Crippen LogP contribution in [0.4, 0.5) is 0 Å². The molecule has 1 aliphatic rings. The molecule has 0 saturated heterocycles. The van der Waals surface area contributed by atoms with Gasteiger partial charge in [0.15, 0.2) is 4.34 Å². The summed E-state index contributed by atoms with van der Waals surface area (Å²) in [5.41, 5.74) is 2.09. The van der Waals surface area contributed by atoms with E-state index in [0.29, 0.717) is 18.9 Å². The average molecular weight is 380 g/mol. The monoisotopic (exact) mass is 379 g/mol. The number of rotatable bonds is 7. The molecule has 1 N–H and O–H groups in total. The smallest absolute Gasteiger partial charge is 0.230 e. The minimum absolute atomic E-state index is 0.0462. The molecular formula is C17H21N3O3S2. The summed E-state index contributed by atoms with van der Waals surface area (Å²) < 4.78 is 12.3. The van der Waals surface area contributed by atoms with Gasteiger partial charge < -0.3 is 14.8 Å². The van der Waals surface area contributed by atoms with E-state index >= 15 is 0 Å². The first-order chi connectivity index (χ1) is 12.0. The number of aryl methyl sites for hydroxylation is 1. The summed E-state index contributed by atoms with van der Waals surface area (Å²) in [6.45, 7) is 6.90. The molecule has 1 aromatic carbocycles. The Morgan fingerprint density at radius 1 is 1.48 bits per heavy atom. The molecule has 0 fully saturated rings. The van der Waals surface area contributed by atoms with Gasteiger partial charge in [0.2, 0.25) is 5.91 Å². The van der Waals surface area contributed by atoms with E-state index < -0.39 is 0 Å². The first-order valence-corrected chi connectivity index (χ1v) is 10.00. The minimum atomic E-state index is -0.0462. The standard InChI is InChI=1S/C17H21N3O3S2/c1-4-22-14-6-12-5-10(2)23-15(12)7-13(14)8-18-16(21)9-24-17-20-19-11(3)25-17/h6-7,10H,4-5,8-9H2,1-3H3,(H,18,21). The Bertz CT molecular complexity index is 764. The Kier molecular flexibility index (Phi) is 5.80. The highest BCUT2D eigenvalue weighted by Crippen LogP contribution is 2.35. The van der Waals surface area contributed by atoms with E-state index in [1.54, 1.807) is 0 Å². The van der Waals surface area contributed by atoms with Crippen LogP contribution in [0.15, 0.2) is 16.5 Å². The van der Waals surface area contributed by atoms with Gasteiger partial charge in [-0.3, -0.25) is 4.79 Å². The van der Waals surface area contributed by atoms with Crippen LogP contribution in [0.3, 0.4) is 0 Å². The number of benzene rings is 1. The Morgan fingerprint density at radius 2 is 2.32 bits per heavy atom. The summed E-state index contributed by atoms with van der Waals surface area (Å²) in [5, 5.41) is 11.8. The zero-order chi connectivity index (χ0) is 17.8. The number of nitrogens with one attached hydrogen (secondary N) is 1. The maximum absolute atomic E-state index is 12.1. The van der Waals surface area contributed by atoms with Crippen molar-refractivity contribution in [3.05, 3.63) is 28.3 Å². The molecular weight excluding hydrogens is 358 g/mol. The van der Waals surface area contributed by atoms with Gasteiger partial charge in [-0.05, 0) is 32.9 Å². The van der Waals surface area contributed by atoms with Gasteiger partial charge in [-0.25, -0.2) is 0 Å². The van der Waals surface area contributed by atoms with Crippen LogP contribution in [0.25, 0.3) is 0 Å². The number of amides is 1. The number of carbonyl (C=O) groups excluding carboxylic acids is 1. The van der Waals surface area contributed by atoms with Crippen molar-refractivity contribution in [2.75, 3.05) is 12.4 Å². The molecule has 3 rings (SSSR count). The molecule has 0 saturated carbocycles. The van der Waals surface area contributed by atoms with Crippen LogP contribution in [0.1, 0.15) is 30.0 Å². The van der Waals surface area contributed by atoms with E-state index in [2.05, 4.69) is 15.5 Å². The van der Waals surface area contributed by atoms with Crippen molar-refractivity contribution in [1.82, 2.24) is 15.5 Å². The number of hydrogen-bond acceptors (Lipinski definition) is 7. The summed E-state index contributed by atoms with van der Waals surface area (Å²) >= 11 is 2.89. The highest BCUT2D eigenvalue weighted by Gasteiger charge is 2.22. The fraction of sp³-hybridized carbons (Fsp3) is 0.471. The molecule has 8 heteroatoms. The summed E-state index contributed by atoms with van der Waals surface area (Å²) in [6, 6.07) is 4.01. The van der Waals surface area contributed by atoms with Crippen LogP contribution in [0.5, 0.6) is 11.5 Å². The third kappa shape index (κ3) is 4.64. The molecule has 2 heterocycles. The number of thioether (sulfide) groups is 1. The second-order valence-corrected chi connectivity index (χ2v) is 8.19. The zero-order valence-corrected chi connectivity index (χ0v) is 16.1. The highest BCUT2D eigenvalue weighted by atomic mass is 32.2. The van der Waals surface area contributed by atoms with Crippen molar-refractivity contribution in [3.8, 4) is 11.5 Å². The highest BCUT2D eigenvalue weighted by molar-refractivity contribution is 8.01. The number of nitrogens with zero attached hydrogens (tertiary/aromatic N) is 2. The van der Waals surface area contributed by atoms with Crippen LogP contribution < -0.4 is 14.8 Å².